The molecule has 0 nitrogen and oxygen atoms in total. The number of benzene rings is 2. The molecule has 0 N–H and O–H groups in total. The Hall–Kier alpha value is -1.34. The van der Waals surface area contributed by atoms with Crippen molar-refractivity contribution in [1.29, 1.82) is 0 Å². The second kappa shape index (κ2) is 7.00. The van der Waals surface area contributed by atoms with Crippen molar-refractivity contribution >= 4 is 14.7 Å². The van der Waals surface area contributed by atoms with Gasteiger partial charge in [-0.3, -0.25) is 0 Å². The molecule has 0 aromatic heterocycles. The minimum absolute atomic E-state index is 0.205. The van der Waals surface area contributed by atoms with E-state index in [1.165, 1.54) is 36.8 Å². The normalized spacial score (nSPS) is 29.7. The molecule has 3 aliphatic carbocycles. The van der Waals surface area contributed by atoms with Gasteiger partial charge in [-0.1, -0.05) is 67.6 Å². The van der Waals surface area contributed by atoms with Gasteiger partial charge in [0.1, 0.15) is 0 Å². The topological polar surface area (TPSA) is 0 Å². The predicted molar refractivity (Wildman–Crippen MR) is 116 cm³/mol. The van der Waals surface area contributed by atoms with E-state index in [0.29, 0.717) is 5.41 Å². The SMILES string of the molecule is Cc1cccc([SiH2]C2CC3CC(C2CCc2ccccc2)C3(C)C)c1C. The predicted octanol–water partition coefficient (Wildman–Crippen LogP) is 5.20. The number of rotatable bonds is 5. The van der Waals surface area contributed by atoms with Gasteiger partial charge < -0.3 is 0 Å². The Morgan fingerprint density at radius 2 is 1.73 bits per heavy atom. The molecule has 3 aliphatic rings. The highest BCUT2D eigenvalue weighted by Gasteiger charge is 2.56. The first-order chi connectivity index (χ1) is 12.5. The molecule has 26 heavy (non-hydrogen) atoms. The molecule has 0 spiro atoms. The summed E-state index contributed by atoms with van der Waals surface area (Å²) in [5.74, 6) is 2.90. The molecule has 2 aromatic rings. The van der Waals surface area contributed by atoms with Gasteiger partial charge in [-0.05, 0) is 84.9 Å². The van der Waals surface area contributed by atoms with Crippen LogP contribution in [-0.2, 0) is 6.42 Å². The Kier molecular flexibility index (Phi) is 4.86. The Morgan fingerprint density at radius 3 is 2.46 bits per heavy atom. The second-order valence-corrected chi connectivity index (χ2v) is 11.8. The molecule has 0 amide bonds. The zero-order valence-corrected chi connectivity index (χ0v) is 18.4. The largest absolute Gasteiger partial charge is 0.0635 e. The Balaban J connectivity index is 1.53. The highest BCUT2D eigenvalue weighted by atomic mass is 28.2. The number of hydrogen-bond donors (Lipinski definition) is 0. The quantitative estimate of drug-likeness (QED) is 0.641. The van der Waals surface area contributed by atoms with E-state index in [-0.39, 0.29) is 9.52 Å². The van der Waals surface area contributed by atoms with Crippen LogP contribution in [0, 0.1) is 37.0 Å². The summed E-state index contributed by atoms with van der Waals surface area (Å²) in [5.41, 5.74) is 6.19. The minimum atomic E-state index is -0.205. The highest BCUT2D eigenvalue weighted by Crippen LogP contribution is 2.65. The fourth-order valence-electron chi connectivity index (χ4n) is 6.02. The molecule has 0 aliphatic heterocycles. The van der Waals surface area contributed by atoms with Crippen molar-refractivity contribution in [3.05, 3.63) is 65.2 Å². The molecule has 4 unspecified atom stereocenters. The summed E-state index contributed by atoms with van der Waals surface area (Å²) in [6.45, 7) is 9.74. The molecule has 0 saturated heterocycles. The van der Waals surface area contributed by atoms with Gasteiger partial charge in [0.25, 0.3) is 0 Å². The van der Waals surface area contributed by atoms with Crippen LogP contribution in [0.4, 0.5) is 0 Å². The third-order valence-corrected chi connectivity index (χ3v) is 10.7. The van der Waals surface area contributed by atoms with Crippen molar-refractivity contribution in [1.82, 2.24) is 0 Å². The molecule has 4 atom stereocenters. The van der Waals surface area contributed by atoms with Crippen molar-refractivity contribution in [2.75, 3.05) is 0 Å². The Labute approximate surface area is 162 Å². The maximum atomic E-state index is 2.55. The van der Waals surface area contributed by atoms with Crippen LogP contribution in [0.3, 0.4) is 0 Å². The summed E-state index contributed by atoms with van der Waals surface area (Å²) in [5, 5.41) is 1.74. The first kappa shape index (κ1) is 18.0. The van der Waals surface area contributed by atoms with E-state index in [2.05, 4.69) is 76.2 Å². The third-order valence-electron chi connectivity index (χ3n) is 8.06. The monoisotopic (exact) mass is 362 g/mol. The van der Waals surface area contributed by atoms with Crippen LogP contribution in [0.15, 0.2) is 48.5 Å². The Bertz CT molecular complexity index is 761. The second-order valence-electron chi connectivity index (χ2n) is 9.61. The Morgan fingerprint density at radius 1 is 0.962 bits per heavy atom. The van der Waals surface area contributed by atoms with Crippen LogP contribution in [-0.4, -0.2) is 9.52 Å². The van der Waals surface area contributed by atoms with E-state index in [4.69, 9.17) is 0 Å². The molecular formula is C25H34Si. The lowest BCUT2D eigenvalue weighted by molar-refractivity contribution is -0.106. The lowest BCUT2D eigenvalue weighted by Crippen LogP contribution is -2.55. The van der Waals surface area contributed by atoms with Gasteiger partial charge in [-0.15, -0.1) is 0 Å². The number of aryl methyl sites for hydroxylation is 2. The maximum absolute atomic E-state index is 2.55. The molecule has 3 fully saturated rings. The fourth-order valence-corrected chi connectivity index (χ4v) is 8.87. The molecule has 0 heterocycles. The average Bonchev–Trinajstić information content (AvgIpc) is 2.65. The van der Waals surface area contributed by atoms with E-state index < -0.39 is 0 Å². The third kappa shape index (κ3) is 3.20. The summed E-state index contributed by atoms with van der Waals surface area (Å²) < 4.78 is 0. The van der Waals surface area contributed by atoms with Gasteiger partial charge in [0.15, 0.2) is 0 Å². The van der Waals surface area contributed by atoms with E-state index in [1.54, 1.807) is 10.8 Å². The van der Waals surface area contributed by atoms with E-state index >= 15 is 0 Å². The summed E-state index contributed by atoms with van der Waals surface area (Å²) in [7, 11) is -0.205. The summed E-state index contributed by atoms with van der Waals surface area (Å²) in [6.07, 6.45) is 5.67. The zero-order chi connectivity index (χ0) is 18.3. The molecule has 138 valence electrons. The maximum Gasteiger partial charge on any atom is 0.0584 e. The number of fused-ring (bicyclic) bond motifs is 2. The van der Waals surface area contributed by atoms with Crippen molar-refractivity contribution in [2.45, 2.75) is 58.9 Å². The molecule has 3 saturated carbocycles. The molecule has 0 radical (unpaired) electrons. The lowest BCUT2D eigenvalue weighted by atomic mass is 9.45. The minimum Gasteiger partial charge on any atom is -0.0635 e. The standard InChI is InChI=1S/C25H34Si/c1-17-9-8-12-23(18(17)2)26-24-16-20-15-22(25(20,3)4)21(24)14-13-19-10-6-5-7-11-19/h5-12,20-22,24H,13-16,26H2,1-4H3. The van der Waals surface area contributed by atoms with Crippen LogP contribution in [0.1, 0.15) is 49.8 Å². The van der Waals surface area contributed by atoms with Crippen molar-refractivity contribution < 1.29 is 0 Å². The molecular weight excluding hydrogens is 328 g/mol. The van der Waals surface area contributed by atoms with Gasteiger partial charge in [-0.2, -0.15) is 0 Å². The van der Waals surface area contributed by atoms with E-state index in [1.807, 2.05) is 0 Å². The summed E-state index contributed by atoms with van der Waals surface area (Å²) in [4.78, 5) is 0. The fraction of sp³-hybridized carbons (Fsp3) is 0.520. The first-order valence-electron chi connectivity index (χ1n) is 10.6. The summed E-state index contributed by atoms with van der Waals surface area (Å²) in [6, 6.07) is 18.2. The van der Waals surface area contributed by atoms with Crippen LogP contribution < -0.4 is 5.19 Å². The van der Waals surface area contributed by atoms with Crippen molar-refractivity contribution in [3.8, 4) is 0 Å². The zero-order valence-electron chi connectivity index (χ0n) is 17.0. The van der Waals surface area contributed by atoms with Gasteiger partial charge in [0, 0.05) is 0 Å². The lowest BCUT2D eigenvalue weighted by Gasteiger charge is -2.63. The first-order valence-corrected chi connectivity index (χ1v) is 12.1. The van der Waals surface area contributed by atoms with Crippen LogP contribution in [0.2, 0.25) is 5.54 Å². The smallest absolute Gasteiger partial charge is 0.0584 e. The number of hydrogen-bond acceptors (Lipinski definition) is 0. The molecule has 2 aromatic carbocycles. The van der Waals surface area contributed by atoms with Crippen LogP contribution in [0.5, 0.6) is 0 Å². The van der Waals surface area contributed by atoms with Gasteiger partial charge in [-0.25, -0.2) is 0 Å². The van der Waals surface area contributed by atoms with E-state index in [9.17, 15) is 0 Å². The van der Waals surface area contributed by atoms with Crippen molar-refractivity contribution in [3.63, 3.8) is 0 Å². The molecule has 5 rings (SSSR count). The van der Waals surface area contributed by atoms with Crippen molar-refractivity contribution in [2.24, 2.45) is 23.2 Å². The molecule has 1 heteroatoms. The van der Waals surface area contributed by atoms with Gasteiger partial charge in [0.05, 0.1) is 9.52 Å². The molecule has 2 bridgehead atoms. The van der Waals surface area contributed by atoms with Gasteiger partial charge >= 0.3 is 0 Å². The van der Waals surface area contributed by atoms with Gasteiger partial charge in [0.2, 0.25) is 0 Å². The summed E-state index contributed by atoms with van der Waals surface area (Å²) >= 11 is 0. The van der Waals surface area contributed by atoms with Crippen LogP contribution in [0.25, 0.3) is 0 Å². The van der Waals surface area contributed by atoms with Crippen LogP contribution >= 0.6 is 0 Å². The van der Waals surface area contributed by atoms with E-state index in [0.717, 1.165) is 23.3 Å². The average molecular weight is 363 g/mol. The highest BCUT2D eigenvalue weighted by molar-refractivity contribution is 6.55.